The van der Waals surface area contributed by atoms with Crippen molar-refractivity contribution in [3.05, 3.63) is 53.6 Å². The van der Waals surface area contributed by atoms with Crippen molar-refractivity contribution in [1.82, 2.24) is 20.4 Å². The smallest absolute Gasteiger partial charge is 0.248 e. The summed E-state index contributed by atoms with van der Waals surface area (Å²) >= 11 is 0. The fraction of sp³-hybridized carbons (Fsp3) is 0.412. The number of nitrogens with one attached hydrogen (secondary N) is 2. The molecule has 2 aromatic rings. The van der Waals surface area contributed by atoms with E-state index in [9.17, 15) is 9.18 Å². The number of hydrogen-bond acceptors (Lipinski definition) is 3. The van der Waals surface area contributed by atoms with Gasteiger partial charge in [0.15, 0.2) is 0 Å². The van der Waals surface area contributed by atoms with E-state index >= 15 is 0 Å². The Morgan fingerprint density at radius 3 is 2.87 bits per heavy atom. The molecule has 6 heteroatoms. The Morgan fingerprint density at radius 1 is 1.43 bits per heavy atom. The van der Waals surface area contributed by atoms with Gasteiger partial charge in [-0.2, -0.15) is 5.10 Å². The van der Waals surface area contributed by atoms with Gasteiger partial charge in [-0.1, -0.05) is 12.1 Å². The summed E-state index contributed by atoms with van der Waals surface area (Å²) in [7, 11) is 0. The second-order valence-electron chi connectivity index (χ2n) is 6.00. The number of nitrogens with zero attached hydrogens (tertiary/aromatic N) is 2. The van der Waals surface area contributed by atoms with Gasteiger partial charge in [0.1, 0.15) is 11.4 Å². The minimum absolute atomic E-state index is 0.0373. The van der Waals surface area contributed by atoms with Crippen molar-refractivity contribution in [2.45, 2.75) is 31.8 Å². The SMILES string of the molecule is Cc1cc(CNC(=O)C2(n3cccn3)CCNCC2)ccc1F. The summed E-state index contributed by atoms with van der Waals surface area (Å²) in [6.45, 7) is 3.67. The van der Waals surface area contributed by atoms with E-state index in [-0.39, 0.29) is 11.7 Å². The maximum Gasteiger partial charge on any atom is 0.248 e. The van der Waals surface area contributed by atoms with Gasteiger partial charge in [0.2, 0.25) is 5.91 Å². The molecule has 1 aliphatic heterocycles. The summed E-state index contributed by atoms with van der Waals surface area (Å²) in [4.78, 5) is 12.9. The lowest BCUT2D eigenvalue weighted by atomic mass is 9.87. The first-order valence-electron chi connectivity index (χ1n) is 7.86. The van der Waals surface area contributed by atoms with Gasteiger partial charge in [0, 0.05) is 18.9 Å². The number of aryl methyl sites for hydroxylation is 1. The molecule has 1 aliphatic rings. The molecule has 0 bridgehead atoms. The minimum atomic E-state index is -0.649. The summed E-state index contributed by atoms with van der Waals surface area (Å²) in [5.41, 5.74) is 0.825. The minimum Gasteiger partial charge on any atom is -0.350 e. The number of carbonyl (C=O) groups is 1. The molecule has 2 N–H and O–H groups in total. The molecular weight excluding hydrogens is 295 g/mol. The topological polar surface area (TPSA) is 59.0 Å². The maximum atomic E-state index is 13.3. The van der Waals surface area contributed by atoms with Crippen molar-refractivity contribution < 1.29 is 9.18 Å². The average Bonchev–Trinajstić information content (AvgIpc) is 3.11. The molecule has 0 unspecified atom stereocenters. The van der Waals surface area contributed by atoms with Crippen LogP contribution in [0.25, 0.3) is 0 Å². The number of carbonyl (C=O) groups excluding carboxylic acids is 1. The summed E-state index contributed by atoms with van der Waals surface area (Å²) < 4.78 is 15.1. The normalized spacial score (nSPS) is 17.0. The highest BCUT2D eigenvalue weighted by Crippen LogP contribution is 2.27. The van der Waals surface area contributed by atoms with Crippen molar-refractivity contribution in [3.8, 4) is 0 Å². The fourth-order valence-corrected chi connectivity index (χ4v) is 3.09. The Balaban J connectivity index is 1.75. The summed E-state index contributed by atoms with van der Waals surface area (Å²) in [6, 6.07) is 6.73. The zero-order chi connectivity index (χ0) is 16.3. The number of hydrogen-bond donors (Lipinski definition) is 2. The van der Waals surface area contributed by atoms with Crippen molar-refractivity contribution in [3.63, 3.8) is 0 Å². The van der Waals surface area contributed by atoms with E-state index < -0.39 is 5.54 Å². The third-order valence-corrected chi connectivity index (χ3v) is 4.47. The fourth-order valence-electron chi connectivity index (χ4n) is 3.09. The van der Waals surface area contributed by atoms with Crippen LogP contribution in [0.5, 0.6) is 0 Å². The van der Waals surface area contributed by atoms with Crippen molar-refractivity contribution in [2.75, 3.05) is 13.1 Å². The first kappa shape index (κ1) is 15.7. The first-order valence-corrected chi connectivity index (χ1v) is 7.86. The molecule has 0 radical (unpaired) electrons. The largest absolute Gasteiger partial charge is 0.350 e. The third-order valence-electron chi connectivity index (χ3n) is 4.47. The van der Waals surface area contributed by atoms with E-state index in [0.717, 1.165) is 18.7 Å². The lowest BCUT2D eigenvalue weighted by Gasteiger charge is -2.36. The molecular formula is C17H21FN4O. The molecule has 3 rings (SSSR count). The molecule has 1 aromatic carbocycles. The highest BCUT2D eigenvalue weighted by Gasteiger charge is 2.41. The van der Waals surface area contributed by atoms with Gasteiger partial charge < -0.3 is 10.6 Å². The number of amides is 1. The Bertz CT molecular complexity index is 678. The van der Waals surface area contributed by atoms with Gasteiger partial charge in [-0.15, -0.1) is 0 Å². The molecule has 0 atom stereocenters. The van der Waals surface area contributed by atoms with E-state index in [2.05, 4.69) is 15.7 Å². The van der Waals surface area contributed by atoms with Crippen LogP contribution in [0.4, 0.5) is 4.39 Å². The third kappa shape index (κ3) is 3.12. The Kier molecular flexibility index (Phi) is 4.43. The second kappa shape index (κ2) is 6.50. The molecule has 1 amide bonds. The monoisotopic (exact) mass is 316 g/mol. The van der Waals surface area contributed by atoms with Crippen LogP contribution in [0.2, 0.25) is 0 Å². The van der Waals surface area contributed by atoms with Gasteiger partial charge in [0.25, 0.3) is 0 Å². The Morgan fingerprint density at radius 2 is 2.22 bits per heavy atom. The van der Waals surface area contributed by atoms with Crippen molar-refractivity contribution in [1.29, 1.82) is 0 Å². The number of rotatable bonds is 4. The molecule has 0 spiro atoms. The second-order valence-corrected chi connectivity index (χ2v) is 6.00. The molecule has 1 fully saturated rings. The predicted molar refractivity (Wildman–Crippen MR) is 85.3 cm³/mol. The van der Waals surface area contributed by atoms with Crippen LogP contribution in [-0.2, 0) is 16.9 Å². The van der Waals surface area contributed by atoms with Gasteiger partial charge >= 0.3 is 0 Å². The number of benzene rings is 1. The molecule has 1 saturated heterocycles. The lowest BCUT2D eigenvalue weighted by Crippen LogP contribution is -2.54. The predicted octanol–water partition coefficient (Wildman–Crippen LogP) is 1.73. The van der Waals surface area contributed by atoms with Crippen LogP contribution in [-0.4, -0.2) is 28.8 Å². The molecule has 2 heterocycles. The zero-order valence-corrected chi connectivity index (χ0v) is 13.2. The van der Waals surface area contributed by atoms with Crippen LogP contribution in [0.15, 0.2) is 36.7 Å². The van der Waals surface area contributed by atoms with Crippen LogP contribution in [0, 0.1) is 12.7 Å². The summed E-state index contributed by atoms with van der Waals surface area (Å²) in [5.74, 6) is -0.267. The van der Waals surface area contributed by atoms with Gasteiger partial charge in [-0.05, 0) is 56.1 Å². The molecule has 23 heavy (non-hydrogen) atoms. The van der Waals surface area contributed by atoms with E-state index in [4.69, 9.17) is 0 Å². The van der Waals surface area contributed by atoms with Gasteiger partial charge in [-0.3, -0.25) is 9.48 Å². The maximum absolute atomic E-state index is 13.3. The van der Waals surface area contributed by atoms with E-state index in [0.29, 0.717) is 24.9 Å². The van der Waals surface area contributed by atoms with Crippen LogP contribution < -0.4 is 10.6 Å². The van der Waals surface area contributed by atoms with Gasteiger partial charge in [0.05, 0.1) is 0 Å². The van der Waals surface area contributed by atoms with Crippen LogP contribution in [0.3, 0.4) is 0 Å². The zero-order valence-electron chi connectivity index (χ0n) is 13.2. The Labute approximate surface area is 134 Å². The quantitative estimate of drug-likeness (QED) is 0.903. The van der Waals surface area contributed by atoms with Crippen LogP contribution in [0.1, 0.15) is 24.0 Å². The molecule has 0 aliphatic carbocycles. The van der Waals surface area contributed by atoms with Crippen molar-refractivity contribution >= 4 is 5.91 Å². The standard InChI is InChI=1S/C17H21FN4O/c1-13-11-14(3-4-15(13)18)12-20-16(23)17(5-8-19-9-6-17)22-10-2-7-21-22/h2-4,7,10-11,19H,5-6,8-9,12H2,1H3,(H,20,23). The molecule has 1 aromatic heterocycles. The summed E-state index contributed by atoms with van der Waals surface area (Å²) in [6.07, 6.45) is 4.93. The average molecular weight is 316 g/mol. The lowest BCUT2D eigenvalue weighted by molar-refractivity contribution is -0.132. The Hall–Kier alpha value is -2.21. The first-order chi connectivity index (χ1) is 11.1. The van der Waals surface area contributed by atoms with E-state index in [1.165, 1.54) is 6.07 Å². The van der Waals surface area contributed by atoms with Gasteiger partial charge in [-0.25, -0.2) is 4.39 Å². The number of aromatic nitrogens is 2. The number of piperidine rings is 1. The highest BCUT2D eigenvalue weighted by atomic mass is 19.1. The molecule has 122 valence electrons. The van der Waals surface area contributed by atoms with E-state index in [1.54, 1.807) is 29.9 Å². The highest BCUT2D eigenvalue weighted by molar-refractivity contribution is 5.84. The van der Waals surface area contributed by atoms with Crippen LogP contribution >= 0.6 is 0 Å². The number of halogens is 1. The van der Waals surface area contributed by atoms with E-state index in [1.807, 2.05) is 12.3 Å². The van der Waals surface area contributed by atoms with Crippen molar-refractivity contribution in [2.24, 2.45) is 0 Å². The molecule has 5 nitrogen and oxygen atoms in total. The molecule has 0 saturated carbocycles. The summed E-state index contributed by atoms with van der Waals surface area (Å²) in [5, 5.41) is 10.6.